The van der Waals surface area contributed by atoms with Crippen molar-refractivity contribution in [2.24, 2.45) is 29.6 Å². The maximum Gasteiger partial charge on any atom is 0.262 e. The number of amides is 1. The highest BCUT2D eigenvalue weighted by Gasteiger charge is 2.48. The molecule has 2 aromatic rings. The second-order valence-electron chi connectivity index (χ2n) is 10.2. The second kappa shape index (κ2) is 6.66. The van der Waals surface area contributed by atoms with Crippen LogP contribution in [-0.2, 0) is 24.2 Å². The number of thiophene rings is 1. The minimum atomic E-state index is -0.0396. The van der Waals surface area contributed by atoms with Gasteiger partial charge in [-0.15, -0.1) is 11.3 Å². The Hall–Kier alpha value is -1.69. The zero-order valence-electron chi connectivity index (χ0n) is 17.0. The largest absolute Gasteiger partial charge is 0.351 e. The molecule has 4 saturated carbocycles. The molecule has 154 valence electrons. The summed E-state index contributed by atoms with van der Waals surface area (Å²) in [5, 5.41) is 4.09. The van der Waals surface area contributed by atoms with E-state index in [1.165, 1.54) is 47.1 Å². The van der Waals surface area contributed by atoms with Crippen LogP contribution in [0.1, 0.15) is 55.9 Å². The molecular weight excluding hydrogens is 382 g/mol. The highest BCUT2D eigenvalue weighted by molar-refractivity contribution is 7.18. The molecule has 0 radical (unpaired) electrons. The number of nitrogens with one attached hydrogen (secondary N) is 1. The van der Waals surface area contributed by atoms with E-state index in [-0.39, 0.29) is 18.0 Å². The van der Waals surface area contributed by atoms with Crippen molar-refractivity contribution < 1.29 is 4.79 Å². The first-order valence-electron chi connectivity index (χ1n) is 11.3. The Labute approximate surface area is 174 Å². The molecule has 1 amide bonds. The van der Waals surface area contributed by atoms with Crippen LogP contribution >= 0.6 is 11.3 Å². The molecule has 0 saturated heterocycles. The number of rotatable bonds is 3. The first kappa shape index (κ1) is 18.1. The first-order chi connectivity index (χ1) is 14.0. The van der Waals surface area contributed by atoms with E-state index in [0.29, 0.717) is 23.8 Å². The normalized spacial score (nSPS) is 35.1. The van der Waals surface area contributed by atoms with E-state index in [1.807, 2.05) is 0 Å². The van der Waals surface area contributed by atoms with Crippen LogP contribution in [0.2, 0.25) is 0 Å². The summed E-state index contributed by atoms with van der Waals surface area (Å²) >= 11 is 1.66. The number of hydrogen-bond donors (Lipinski definition) is 1. The van der Waals surface area contributed by atoms with Gasteiger partial charge in [-0.2, -0.15) is 0 Å². The van der Waals surface area contributed by atoms with E-state index in [1.54, 1.807) is 17.7 Å². The molecule has 4 fully saturated rings. The van der Waals surface area contributed by atoms with Gasteiger partial charge < -0.3 is 5.32 Å². The van der Waals surface area contributed by atoms with Crippen LogP contribution in [-0.4, -0.2) is 21.5 Å². The maximum atomic E-state index is 13.2. The van der Waals surface area contributed by atoms with Crippen molar-refractivity contribution in [2.45, 2.75) is 70.9 Å². The average molecular weight is 412 g/mol. The fourth-order valence-electron chi connectivity index (χ4n) is 7.03. The topological polar surface area (TPSA) is 64.0 Å². The third-order valence-electron chi connectivity index (χ3n) is 8.15. The van der Waals surface area contributed by atoms with Crippen molar-refractivity contribution in [2.75, 3.05) is 0 Å². The monoisotopic (exact) mass is 411 g/mol. The summed E-state index contributed by atoms with van der Waals surface area (Å²) < 4.78 is 1.53. The zero-order chi connectivity index (χ0) is 19.7. The van der Waals surface area contributed by atoms with E-state index < -0.39 is 0 Å². The molecule has 5 nitrogen and oxygen atoms in total. The van der Waals surface area contributed by atoms with E-state index in [4.69, 9.17) is 0 Å². The quantitative estimate of drug-likeness (QED) is 0.840. The minimum Gasteiger partial charge on any atom is -0.351 e. The van der Waals surface area contributed by atoms with Crippen molar-refractivity contribution in [3.63, 3.8) is 0 Å². The Balaban J connectivity index is 1.23. The smallest absolute Gasteiger partial charge is 0.262 e. The maximum absolute atomic E-state index is 13.2. The van der Waals surface area contributed by atoms with Gasteiger partial charge in [0, 0.05) is 10.9 Å². The molecule has 7 rings (SSSR count). The Kier molecular flexibility index (Phi) is 4.16. The highest BCUT2D eigenvalue weighted by Crippen LogP contribution is 2.53. The summed E-state index contributed by atoms with van der Waals surface area (Å²) in [6, 6.07) is 0.318. The first-order valence-corrected chi connectivity index (χ1v) is 12.2. The number of carbonyl (C=O) groups excluding carboxylic acids is 1. The summed E-state index contributed by atoms with van der Waals surface area (Å²) in [4.78, 5) is 32.7. The molecule has 0 aliphatic heterocycles. The number of fused-ring (bicyclic) bond motifs is 3. The predicted octanol–water partition coefficient (Wildman–Crippen LogP) is 3.52. The number of hydrogen-bond acceptors (Lipinski definition) is 4. The van der Waals surface area contributed by atoms with Crippen molar-refractivity contribution >= 4 is 27.5 Å². The lowest BCUT2D eigenvalue weighted by atomic mass is 9.54. The Morgan fingerprint density at radius 1 is 1.21 bits per heavy atom. The van der Waals surface area contributed by atoms with Gasteiger partial charge in [0.25, 0.3) is 5.56 Å². The molecular formula is C23H29N3O2S. The average Bonchev–Trinajstić information content (AvgIpc) is 3.04. The Morgan fingerprint density at radius 2 is 1.93 bits per heavy atom. The fourth-order valence-corrected chi connectivity index (χ4v) is 8.37. The molecule has 0 aromatic carbocycles. The van der Waals surface area contributed by atoms with Crippen molar-refractivity contribution in [3.05, 3.63) is 27.1 Å². The lowest BCUT2D eigenvalue weighted by Gasteiger charge is -2.54. The molecule has 1 atom stereocenters. The lowest BCUT2D eigenvalue weighted by Crippen LogP contribution is -2.56. The van der Waals surface area contributed by atoms with Crippen LogP contribution in [0, 0.1) is 29.6 Å². The summed E-state index contributed by atoms with van der Waals surface area (Å²) in [6.45, 7) is 2.36. The summed E-state index contributed by atoms with van der Waals surface area (Å²) in [5.41, 5.74) is 1.15. The molecule has 6 heteroatoms. The molecule has 0 spiro atoms. The summed E-state index contributed by atoms with van der Waals surface area (Å²) in [6.07, 6.45) is 11.2. The second-order valence-corrected chi connectivity index (χ2v) is 11.3. The third kappa shape index (κ3) is 2.97. The number of carbonyl (C=O) groups is 1. The molecule has 5 aliphatic carbocycles. The molecule has 2 heterocycles. The molecule has 0 unspecified atom stereocenters. The van der Waals surface area contributed by atoms with E-state index in [0.717, 1.165) is 41.3 Å². The standard InChI is InChI=1S/C23H29N3O2S/c1-12-2-3-17-18(4-12)29-22-20(17)23(28)26(11-24-22)10-19(27)25-21-15-6-13-5-14(8-15)9-16(21)7-13/h11-16,21H,2-10H2,1H3,(H,25,27)/t12-,13?,14?,15?,16?,21?/m1/s1. The van der Waals surface area contributed by atoms with Gasteiger partial charge in [0.15, 0.2) is 0 Å². The van der Waals surface area contributed by atoms with E-state index in [2.05, 4.69) is 17.2 Å². The van der Waals surface area contributed by atoms with Crippen molar-refractivity contribution in [3.8, 4) is 0 Å². The molecule has 5 aliphatic rings. The highest BCUT2D eigenvalue weighted by atomic mass is 32.1. The predicted molar refractivity (Wildman–Crippen MR) is 114 cm³/mol. The van der Waals surface area contributed by atoms with Crippen molar-refractivity contribution in [1.82, 2.24) is 14.9 Å². The van der Waals surface area contributed by atoms with Crippen LogP contribution in [0.15, 0.2) is 11.1 Å². The van der Waals surface area contributed by atoms with Gasteiger partial charge in [-0.3, -0.25) is 14.2 Å². The van der Waals surface area contributed by atoms with Gasteiger partial charge in [0.2, 0.25) is 5.91 Å². The summed E-state index contributed by atoms with van der Waals surface area (Å²) in [5.74, 6) is 3.74. The third-order valence-corrected chi connectivity index (χ3v) is 9.31. The van der Waals surface area contributed by atoms with Crippen LogP contribution in [0.4, 0.5) is 0 Å². The Bertz CT molecular complexity index is 1010. The zero-order valence-corrected chi connectivity index (χ0v) is 17.8. The van der Waals surface area contributed by atoms with Gasteiger partial charge in [-0.25, -0.2) is 4.98 Å². The van der Waals surface area contributed by atoms with Crippen LogP contribution in [0.25, 0.3) is 10.2 Å². The minimum absolute atomic E-state index is 0.0246. The van der Waals surface area contributed by atoms with Gasteiger partial charge in [-0.1, -0.05) is 6.92 Å². The van der Waals surface area contributed by atoms with E-state index >= 15 is 0 Å². The molecule has 29 heavy (non-hydrogen) atoms. The fraction of sp³-hybridized carbons (Fsp3) is 0.696. The molecule has 2 aromatic heterocycles. The van der Waals surface area contributed by atoms with Crippen molar-refractivity contribution in [1.29, 1.82) is 0 Å². The number of aryl methyl sites for hydroxylation is 1. The number of nitrogens with zero attached hydrogens (tertiary/aromatic N) is 2. The molecule has 4 bridgehead atoms. The molecule has 1 N–H and O–H groups in total. The lowest BCUT2D eigenvalue weighted by molar-refractivity contribution is -0.125. The van der Waals surface area contributed by atoms with Gasteiger partial charge in [-0.05, 0) is 86.5 Å². The summed E-state index contributed by atoms with van der Waals surface area (Å²) in [7, 11) is 0. The van der Waals surface area contributed by atoms with Crippen LogP contribution in [0.3, 0.4) is 0 Å². The van der Waals surface area contributed by atoms with Gasteiger partial charge in [0.1, 0.15) is 11.4 Å². The van der Waals surface area contributed by atoms with Gasteiger partial charge in [0.05, 0.1) is 11.7 Å². The number of aromatic nitrogens is 2. The van der Waals surface area contributed by atoms with Crippen LogP contribution in [0.5, 0.6) is 0 Å². The van der Waals surface area contributed by atoms with Crippen LogP contribution < -0.4 is 10.9 Å². The Morgan fingerprint density at radius 3 is 2.66 bits per heavy atom. The van der Waals surface area contributed by atoms with E-state index in [9.17, 15) is 9.59 Å². The van der Waals surface area contributed by atoms with Gasteiger partial charge >= 0.3 is 0 Å². The SMILES string of the molecule is C[C@@H]1CCc2c(sc3ncn(CC(=O)NC4C5CC6CC(C5)CC4C6)c(=O)c23)C1.